The standard InChI is InChI=1S/C18H30Cl8/c19-15(13-17(21,22)23)11-9-7-5-3-1-2-4-6-8-10-12-16(20)14-18(24,25)26/h15-16H,1-14H2. The van der Waals surface area contributed by atoms with Crippen molar-refractivity contribution in [1.82, 2.24) is 0 Å². The summed E-state index contributed by atoms with van der Waals surface area (Å²) in [4.78, 5) is 0. The molecule has 0 bridgehead atoms. The van der Waals surface area contributed by atoms with Crippen LogP contribution in [0.3, 0.4) is 0 Å². The second-order valence-electron chi connectivity index (χ2n) is 6.95. The summed E-state index contributed by atoms with van der Waals surface area (Å²) >= 11 is 46.7. The Bertz CT molecular complexity index is 292. The zero-order valence-corrected chi connectivity index (χ0v) is 21.1. The molecule has 0 aliphatic heterocycles. The number of alkyl halides is 8. The van der Waals surface area contributed by atoms with Crippen molar-refractivity contribution >= 4 is 92.8 Å². The van der Waals surface area contributed by atoms with E-state index in [0.29, 0.717) is 12.8 Å². The molecule has 0 rings (SSSR count). The monoisotopic (exact) mass is 526 g/mol. The molecule has 0 aromatic heterocycles. The van der Waals surface area contributed by atoms with Gasteiger partial charge in [0.05, 0.1) is 0 Å². The molecule has 2 atom stereocenters. The molecule has 0 amide bonds. The van der Waals surface area contributed by atoms with Crippen molar-refractivity contribution in [2.75, 3.05) is 0 Å². The number of rotatable bonds is 15. The molecule has 0 heterocycles. The van der Waals surface area contributed by atoms with Crippen molar-refractivity contribution < 1.29 is 0 Å². The smallest absolute Gasteiger partial charge is 0.123 e. The minimum absolute atomic E-state index is 0.0511. The normalized spacial score (nSPS) is 15.2. The van der Waals surface area contributed by atoms with Crippen LogP contribution in [0.1, 0.15) is 89.9 Å². The molecule has 8 heteroatoms. The van der Waals surface area contributed by atoms with Crippen molar-refractivity contribution in [3.63, 3.8) is 0 Å². The predicted octanol–water partition coefficient (Wildman–Crippen LogP) is 10.4. The lowest BCUT2D eigenvalue weighted by Gasteiger charge is -2.15. The molecule has 0 aliphatic rings. The molecule has 0 radical (unpaired) electrons. The van der Waals surface area contributed by atoms with Crippen molar-refractivity contribution in [3.05, 3.63) is 0 Å². The van der Waals surface area contributed by atoms with Gasteiger partial charge in [0.2, 0.25) is 0 Å². The first-order chi connectivity index (χ1) is 12.0. The van der Waals surface area contributed by atoms with Gasteiger partial charge in [-0.05, 0) is 12.8 Å². The molecule has 0 aliphatic carbocycles. The maximum atomic E-state index is 6.16. The first-order valence-corrected chi connectivity index (χ1v) is 12.6. The lowest BCUT2D eigenvalue weighted by atomic mass is 10.0. The van der Waals surface area contributed by atoms with E-state index in [4.69, 9.17) is 92.8 Å². The van der Waals surface area contributed by atoms with Crippen molar-refractivity contribution in [2.45, 2.75) is 108 Å². The van der Waals surface area contributed by atoms with E-state index in [9.17, 15) is 0 Å². The summed E-state index contributed by atoms with van der Waals surface area (Å²) in [6.07, 6.45) is 14.9. The molecule has 0 aromatic carbocycles. The summed E-state index contributed by atoms with van der Waals surface area (Å²) in [5.41, 5.74) is 0. The Labute approximate surface area is 199 Å². The van der Waals surface area contributed by atoms with E-state index in [-0.39, 0.29) is 10.8 Å². The average Bonchev–Trinajstić information content (AvgIpc) is 2.44. The first-order valence-electron chi connectivity index (χ1n) is 9.41. The van der Waals surface area contributed by atoms with E-state index in [1.165, 1.54) is 51.4 Å². The van der Waals surface area contributed by atoms with Gasteiger partial charge in [0.1, 0.15) is 0 Å². The maximum absolute atomic E-state index is 6.16. The van der Waals surface area contributed by atoms with E-state index in [0.717, 1.165) is 25.7 Å². The largest absolute Gasteiger partial charge is 0.192 e. The van der Waals surface area contributed by atoms with Crippen LogP contribution in [0.4, 0.5) is 0 Å². The van der Waals surface area contributed by atoms with Crippen LogP contribution in [-0.4, -0.2) is 18.3 Å². The molecule has 0 spiro atoms. The summed E-state index contributed by atoms with van der Waals surface area (Å²) in [5.74, 6) is 0. The van der Waals surface area contributed by atoms with Gasteiger partial charge >= 0.3 is 0 Å². The summed E-state index contributed by atoms with van der Waals surface area (Å²) in [6.45, 7) is 0. The van der Waals surface area contributed by atoms with Gasteiger partial charge in [0.15, 0.2) is 7.59 Å². The van der Waals surface area contributed by atoms with Gasteiger partial charge in [-0.15, -0.1) is 23.2 Å². The summed E-state index contributed by atoms with van der Waals surface area (Å²) < 4.78 is -2.47. The summed E-state index contributed by atoms with van der Waals surface area (Å²) in [5, 5.41) is -0.102. The Morgan fingerprint density at radius 2 is 0.654 bits per heavy atom. The summed E-state index contributed by atoms with van der Waals surface area (Å²) in [6, 6.07) is 0. The molecular formula is C18H30Cl8. The van der Waals surface area contributed by atoms with Gasteiger partial charge in [-0.1, -0.05) is 134 Å². The molecule has 0 saturated heterocycles. The van der Waals surface area contributed by atoms with Crippen molar-refractivity contribution in [2.24, 2.45) is 0 Å². The Morgan fingerprint density at radius 1 is 0.423 bits per heavy atom. The number of halogens is 8. The minimum atomic E-state index is -1.24. The van der Waals surface area contributed by atoms with E-state index in [2.05, 4.69) is 0 Å². The Balaban J connectivity index is 3.30. The van der Waals surface area contributed by atoms with E-state index in [1.807, 2.05) is 0 Å². The lowest BCUT2D eigenvalue weighted by molar-refractivity contribution is 0.531. The third kappa shape index (κ3) is 22.6. The lowest BCUT2D eigenvalue weighted by Crippen LogP contribution is -2.11. The zero-order valence-electron chi connectivity index (χ0n) is 15.1. The molecule has 0 fully saturated rings. The van der Waals surface area contributed by atoms with Gasteiger partial charge in [0, 0.05) is 23.6 Å². The highest BCUT2D eigenvalue weighted by molar-refractivity contribution is 6.68. The fraction of sp³-hybridized carbons (Fsp3) is 1.00. The van der Waals surface area contributed by atoms with E-state index >= 15 is 0 Å². The third-order valence-electron chi connectivity index (χ3n) is 4.19. The molecule has 2 unspecified atom stereocenters. The van der Waals surface area contributed by atoms with Crippen LogP contribution < -0.4 is 0 Å². The van der Waals surface area contributed by atoms with Crippen molar-refractivity contribution in [1.29, 1.82) is 0 Å². The molecular weight excluding hydrogens is 500 g/mol. The van der Waals surface area contributed by atoms with Gasteiger partial charge < -0.3 is 0 Å². The van der Waals surface area contributed by atoms with Crippen LogP contribution in [0, 0.1) is 0 Å². The zero-order chi connectivity index (χ0) is 20.1. The maximum Gasteiger partial charge on any atom is 0.192 e. The molecule has 158 valence electrons. The highest BCUT2D eigenvalue weighted by atomic mass is 35.6. The Morgan fingerprint density at radius 3 is 0.885 bits per heavy atom. The molecule has 0 saturated carbocycles. The SMILES string of the molecule is ClC(CCCCCCCCCCCCC(Cl)CC(Cl)(Cl)Cl)CC(Cl)(Cl)Cl. The Kier molecular flexibility index (Phi) is 17.5. The summed E-state index contributed by atoms with van der Waals surface area (Å²) in [7, 11) is 0. The number of hydrogen-bond acceptors (Lipinski definition) is 0. The van der Waals surface area contributed by atoms with Gasteiger partial charge in [-0.25, -0.2) is 0 Å². The Hall–Kier alpha value is 2.32. The van der Waals surface area contributed by atoms with Gasteiger partial charge in [0.25, 0.3) is 0 Å². The van der Waals surface area contributed by atoms with E-state index in [1.54, 1.807) is 0 Å². The van der Waals surface area contributed by atoms with Crippen LogP contribution in [0.2, 0.25) is 0 Å². The van der Waals surface area contributed by atoms with Crippen LogP contribution in [0.15, 0.2) is 0 Å². The molecule has 0 N–H and O–H groups in total. The second-order valence-corrected chi connectivity index (χ2v) is 13.2. The third-order valence-corrected chi connectivity index (χ3v) is 5.86. The van der Waals surface area contributed by atoms with E-state index < -0.39 is 7.59 Å². The average molecular weight is 530 g/mol. The van der Waals surface area contributed by atoms with Gasteiger partial charge in [-0.3, -0.25) is 0 Å². The molecule has 26 heavy (non-hydrogen) atoms. The minimum Gasteiger partial charge on any atom is -0.123 e. The molecule has 0 nitrogen and oxygen atoms in total. The number of hydrogen-bond donors (Lipinski definition) is 0. The quantitative estimate of drug-likeness (QED) is 0.146. The van der Waals surface area contributed by atoms with Crippen LogP contribution in [-0.2, 0) is 0 Å². The van der Waals surface area contributed by atoms with Crippen LogP contribution in [0.5, 0.6) is 0 Å². The highest BCUT2D eigenvalue weighted by Crippen LogP contribution is 2.35. The number of unbranched alkanes of at least 4 members (excludes halogenated alkanes) is 9. The van der Waals surface area contributed by atoms with Gasteiger partial charge in [-0.2, -0.15) is 0 Å². The second kappa shape index (κ2) is 16.1. The highest BCUT2D eigenvalue weighted by Gasteiger charge is 2.24. The fourth-order valence-electron chi connectivity index (χ4n) is 2.85. The first kappa shape index (κ1) is 28.3. The fourth-order valence-corrected chi connectivity index (χ4v) is 5.22. The predicted molar refractivity (Wildman–Crippen MR) is 125 cm³/mol. The van der Waals surface area contributed by atoms with Crippen LogP contribution >= 0.6 is 92.8 Å². The molecule has 0 aromatic rings. The topological polar surface area (TPSA) is 0 Å². The van der Waals surface area contributed by atoms with Crippen LogP contribution in [0.25, 0.3) is 0 Å². The van der Waals surface area contributed by atoms with Crippen molar-refractivity contribution in [3.8, 4) is 0 Å².